The van der Waals surface area contributed by atoms with Crippen molar-refractivity contribution >= 4 is 0 Å². The average molecular weight is 260 g/mol. The van der Waals surface area contributed by atoms with Crippen LogP contribution >= 0.6 is 0 Å². The third-order valence-corrected chi connectivity index (χ3v) is 2.73. The van der Waals surface area contributed by atoms with Crippen molar-refractivity contribution in [3.8, 4) is 0 Å². The largest absolute Gasteiger partial charge is 0.374 e. The molecule has 0 unspecified atom stereocenters. The first kappa shape index (κ1) is 13.8. The molecule has 0 aliphatic heterocycles. The first-order valence-electron chi connectivity index (χ1n) is 6.40. The van der Waals surface area contributed by atoms with Gasteiger partial charge in [-0.2, -0.15) is 5.10 Å². The van der Waals surface area contributed by atoms with Gasteiger partial charge in [0.15, 0.2) is 0 Å². The summed E-state index contributed by atoms with van der Waals surface area (Å²) >= 11 is 0. The van der Waals surface area contributed by atoms with Crippen molar-refractivity contribution in [3.63, 3.8) is 0 Å². The van der Waals surface area contributed by atoms with Gasteiger partial charge in [-0.15, -0.1) is 0 Å². The highest BCUT2D eigenvalue weighted by atomic mass is 16.5. The Labute approximate surface area is 113 Å². The van der Waals surface area contributed by atoms with Gasteiger partial charge in [0.25, 0.3) is 0 Å². The molecule has 1 aromatic heterocycles. The van der Waals surface area contributed by atoms with Gasteiger partial charge in [-0.25, -0.2) is 0 Å². The summed E-state index contributed by atoms with van der Waals surface area (Å²) in [5.74, 6) is 0. The lowest BCUT2D eigenvalue weighted by Gasteiger charge is -2.24. The minimum absolute atomic E-state index is 0.326. The number of hydrogen-bond donors (Lipinski definition) is 1. The lowest BCUT2D eigenvalue weighted by Crippen LogP contribution is -2.30. The molecule has 1 N–H and O–H groups in total. The zero-order valence-electron chi connectivity index (χ0n) is 11.4. The Bertz CT molecular complexity index is 466. The maximum Gasteiger partial charge on any atom is 0.0914 e. The van der Waals surface area contributed by atoms with Gasteiger partial charge in [-0.05, 0) is 25.5 Å². The predicted molar refractivity (Wildman–Crippen MR) is 73.6 cm³/mol. The van der Waals surface area contributed by atoms with E-state index >= 15 is 0 Å². The third-order valence-electron chi connectivity index (χ3n) is 2.73. The zero-order chi connectivity index (χ0) is 13.6. The predicted octanol–water partition coefficient (Wildman–Crippen LogP) is 2.92. The summed E-state index contributed by atoms with van der Waals surface area (Å²) in [6.07, 6.45) is 1.79. The molecule has 0 radical (unpaired) electrons. The summed E-state index contributed by atoms with van der Waals surface area (Å²) in [5.41, 5.74) is 1.75. The van der Waals surface area contributed by atoms with E-state index in [0.717, 1.165) is 5.69 Å². The van der Waals surface area contributed by atoms with E-state index in [4.69, 9.17) is 9.47 Å². The molecule has 0 bridgehead atoms. The standard InChI is InChI=1S/C15H20N2O2/c1-15(2,19-11-14-8-9-16-17-14)12-18-10-13-6-4-3-5-7-13/h3-9H,10-12H2,1-2H3,(H,16,17). The number of aromatic nitrogens is 2. The van der Waals surface area contributed by atoms with Crippen LogP contribution in [0.3, 0.4) is 0 Å². The average Bonchev–Trinajstić information content (AvgIpc) is 2.91. The minimum Gasteiger partial charge on any atom is -0.374 e. The number of ether oxygens (including phenoxy) is 2. The van der Waals surface area contributed by atoms with E-state index in [9.17, 15) is 0 Å². The van der Waals surface area contributed by atoms with Gasteiger partial charge >= 0.3 is 0 Å². The highest BCUT2D eigenvalue weighted by Crippen LogP contribution is 2.13. The molecule has 0 spiro atoms. The first-order valence-corrected chi connectivity index (χ1v) is 6.40. The van der Waals surface area contributed by atoms with Gasteiger partial charge in [0.05, 0.1) is 31.1 Å². The number of nitrogens with one attached hydrogen (secondary N) is 1. The Hall–Kier alpha value is -1.65. The van der Waals surface area contributed by atoms with Crippen molar-refractivity contribution < 1.29 is 9.47 Å². The summed E-state index contributed by atoms with van der Waals surface area (Å²) < 4.78 is 11.5. The summed E-state index contributed by atoms with van der Waals surface area (Å²) in [6.45, 7) is 5.68. The molecule has 2 rings (SSSR count). The van der Waals surface area contributed by atoms with Crippen molar-refractivity contribution in [2.45, 2.75) is 32.7 Å². The molecule has 0 fully saturated rings. The summed E-state index contributed by atoms with van der Waals surface area (Å²) in [4.78, 5) is 0. The molecule has 0 aliphatic rings. The molecule has 0 atom stereocenters. The molecule has 2 aromatic rings. The smallest absolute Gasteiger partial charge is 0.0914 e. The molecular weight excluding hydrogens is 240 g/mol. The second-order valence-corrected chi connectivity index (χ2v) is 5.09. The number of aromatic amines is 1. The Balaban J connectivity index is 1.71. The Morgan fingerprint density at radius 2 is 1.89 bits per heavy atom. The molecule has 4 nitrogen and oxygen atoms in total. The van der Waals surface area contributed by atoms with Gasteiger partial charge in [-0.3, -0.25) is 5.10 Å². The van der Waals surface area contributed by atoms with E-state index in [1.54, 1.807) is 6.20 Å². The molecule has 4 heteroatoms. The summed E-state index contributed by atoms with van der Waals surface area (Å²) in [5, 5.41) is 6.83. The van der Waals surface area contributed by atoms with E-state index in [1.165, 1.54) is 5.56 Å². The van der Waals surface area contributed by atoms with Crippen LogP contribution in [0.15, 0.2) is 42.6 Å². The van der Waals surface area contributed by atoms with Crippen molar-refractivity contribution in [1.29, 1.82) is 0 Å². The molecule has 1 heterocycles. The monoisotopic (exact) mass is 260 g/mol. The Morgan fingerprint density at radius 3 is 2.58 bits per heavy atom. The fourth-order valence-electron chi connectivity index (χ4n) is 1.67. The van der Waals surface area contributed by atoms with Gasteiger partial charge < -0.3 is 9.47 Å². The molecule has 102 valence electrons. The molecular formula is C15H20N2O2. The van der Waals surface area contributed by atoms with Gasteiger partial charge in [0.1, 0.15) is 0 Å². The molecule has 0 amide bonds. The van der Waals surface area contributed by atoms with Gasteiger partial charge in [0.2, 0.25) is 0 Å². The SMILES string of the molecule is CC(C)(COCc1ccccc1)OCc1cc[nH]n1. The van der Waals surface area contributed by atoms with E-state index in [2.05, 4.69) is 22.3 Å². The molecule has 1 aromatic carbocycles. The highest BCUT2D eigenvalue weighted by Gasteiger charge is 2.19. The van der Waals surface area contributed by atoms with E-state index < -0.39 is 0 Å². The second-order valence-electron chi connectivity index (χ2n) is 5.09. The van der Waals surface area contributed by atoms with Gasteiger partial charge in [0, 0.05) is 6.20 Å². The van der Waals surface area contributed by atoms with Crippen LogP contribution in [-0.4, -0.2) is 22.4 Å². The number of hydrogen-bond acceptors (Lipinski definition) is 3. The van der Waals surface area contributed by atoms with Crippen molar-refractivity contribution in [2.75, 3.05) is 6.61 Å². The van der Waals surface area contributed by atoms with Crippen LogP contribution in [0.5, 0.6) is 0 Å². The summed E-state index contributed by atoms with van der Waals surface area (Å²) in [7, 11) is 0. The minimum atomic E-state index is -0.326. The third kappa shape index (κ3) is 4.85. The van der Waals surface area contributed by atoms with Crippen molar-refractivity contribution in [3.05, 3.63) is 53.9 Å². The van der Waals surface area contributed by atoms with Crippen LogP contribution in [0.4, 0.5) is 0 Å². The Kier molecular flexibility index (Phi) is 4.71. The number of benzene rings is 1. The van der Waals surface area contributed by atoms with Gasteiger partial charge in [-0.1, -0.05) is 30.3 Å². The highest BCUT2D eigenvalue weighted by molar-refractivity contribution is 5.13. The molecule has 0 aliphatic carbocycles. The van der Waals surface area contributed by atoms with Crippen LogP contribution in [0, 0.1) is 0 Å². The van der Waals surface area contributed by atoms with Crippen LogP contribution in [0.1, 0.15) is 25.1 Å². The summed E-state index contributed by atoms with van der Waals surface area (Å²) in [6, 6.07) is 12.0. The lowest BCUT2D eigenvalue weighted by molar-refractivity contribution is -0.0879. The first-order chi connectivity index (χ1) is 9.16. The fourth-order valence-corrected chi connectivity index (χ4v) is 1.67. The maximum absolute atomic E-state index is 5.80. The lowest BCUT2D eigenvalue weighted by atomic mass is 10.1. The molecule has 19 heavy (non-hydrogen) atoms. The number of nitrogens with zero attached hydrogens (tertiary/aromatic N) is 1. The number of H-pyrrole nitrogens is 1. The topological polar surface area (TPSA) is 47.1 Å². The van der Waals surface area contributed by atoms with Crippen LogP contribution in [0.25, 0.3) is 0 Å². The van der Waals surface area contributed by atoms with Crippen LogP contribution in [-0.2, 0) is 22.7 Å². The molecule has 0 saturated carbocycles. The van der Waals surface area contributed by atoms with Crippen LogP contribution < -0.4 is 0 Å². The number of rotatable bonds is 7. The Morgan fingerprint density at radius 1 is 1.11 bits per heavy atom. The quantitative estimate of drug-likeness (QED) is 0.832. The van der Waals surface area contributed by atoms with Crippen molar-refractivity contribution in [2.24, 2.45) is 0 Å². The second kappa shape index (κ2) is 6.50. The normalized spacial score (nSPS) is 11.7. The van der Waals surface area contributed by atoms with Crippen LogP contribution in [0.2, 0.25) is 0 Å². The van der Waals surface area contributed by atoms with Crippen molar-refractivity contribution in [1.82, 2.24) is 10.2 Å². The van der Waals surface area contributed by atoms with E-state index in [-0.39, 0.29) is 5.60 Å². The fraction of sp³-hybridized carbons (Fsp3) is 0.400. The molecule has 0 saturated heterocycles. The van der Waals surface area contributed by atoms with E-state index in [1.807, 2.05) is 38.1 Å². The van der Waals surface area contributed by atoms with E-state index in [0.29, 0.717) is 19.8 Å². The zero-order valence-corrected chi connectivity index (χ0v) is 11.4. The maximum atomic E-state index is 5.80.